The van der Waals surface area contributed by atoms with Gasteiger partial charge in [-0.05, 0) is 116 Å². The van der Waals surface area contributed by atoms with Crippen LogP contribution >= 0.6 is 0 Å². The molecular formula is C56H61F4N7O10. The maximum Gasteiger partial charge on any atom is 0.422 e. The van der Waals surface area contributed by atoms with Crippen LogP contribution in [0.15, 0.2) is 84.9 Å². The van der Waals surface area contributed by atoms with Crippen LogP contribution in [-0.4, -0.2) is 99.4 Å². The Morgan fingerprint density at radius 2 is 1.31 bits per heavy atom. The van der Waals surface area contributed by atoms with Crippen molar-refractivity contribution in [3.05, 3.63) is 119 Å². The first-order valence-corrected chi connectivity index (χ1v) is 25.9. The molecule has 77 heavy (non-hydrogen) atoms. The Balaban J connectivity index is 0.736. The summed E-state index contributed by atoms with van der Waals surface area (Å²) in [7, 11) is 0. The molecule has 1 fully saturated rings. The second-order valence-electron chi connectivity index (χ2n) is 19.4. The molecule has 9 amide bonds. The van der Waals surface area contributed by atoms with Crippen LogP contribution in [0.3, 0.4) is 0 Å². The average molecular weight is 1070 g/mol. The highest BCUT2D eigenvalue weighted by molar-refractivity contribution is 6.23. The number of ether oxygens (including phenoxy) is 1. The molecule has 4 aromatic rings. The molecule has 1 saturated heterocycles. The number of aryl methyl sites for hydroxylation is 2. The maximum absolute atomic E-state index is 13.8. The van der Waals surface area contributed by atoms with Gasteiger partial charge in [0.2, 0.25) is 35.4 Å². The number of unbranched alkanes of at least 4 members (excludes halogenated alkanes) is 8. The first-order valence-electron chi connectivity index (χ1n) is 25.9. The number of nitrogens with one attached hydrogen (secondary N) is 4. The van der Waals surface area contributed by atoms with Crippen molar-refractivity contribution in [1.29, 1.82) is 0 Å². The number of alkyl halides is 3. The lowest BCUT2D eigenvalue weighted by atomic mass is 10.0. The zero-order valence-corrected chi connectivity index (χ0v) is 42.6. The molecule has 2 atom stereocenters. The first kappa shape index (κ1) is 56.8. The third-order valence-electron chi connectivity index (χ3n) is 13.7. The number of piperidine rings is 1. The Morgan fingerprint density at radius 3 is 2.00 bits per heavy atom. The number of anilines is 3. The summed E-state index contributed by atoms with van der Waals surface area (Å²) in [5, 5.41) is 11.2. The molecule has 0 bridgehead atoms. The Hall–Kier alpha value is -7.97. The van der Waals surface area contributed by atoms with Crippen LogP contribution in [0.4, 0.5) is 39.4 Å². The van der Waals surface area contributed by atoms with E-state index in [-0.39, 0.29) is 66.4 Å². The SMILES string of the molecule is C[C@H](N(Cc1ccc(F)cc1)C(=O)CN1C(=O)CCc2cc(NC(=O)CCc3ccc(NC(=O)CCCCCCCCCCCNc4ccc5c(c4)C(=O)N(C4CCC(=O)NC4=O)C5=O)cc3)ccc2OC1=O)C(F)(F)F. The van der Waals surface area contributed by atoms with Gasteiger partial charge in [0.25, 0.3) is 11.8 Å². The summed E-state index contributed by atoms with van der Waals surface area (Å²) >= 11 is 0. The number of fused-ring (bicyclic) bond motifs is 2. The van der Waals surface area contributed by atoms with E-state index in [2.05, 4.69) is 21.3 Å². The fraction of sp³-hybridized carbons (Fsp3) is 0.411. The number of carbonyl (C=O) groups is 9. The molecule has 0 radical (unpaired) electrons. The van der Waals surface area contributed by atoms with Gasteiger partial charge in [0.1, 0.15) is 30.2 Å². The van der Waals surface area contributed by atoms with E-state index in [1.54, 1.807) is 36.4 Å². The van der Waals surface area contributed by atoms with Crippen LogP contribution in [-0.2, 0) is 48.2 Å². The normalized spacial score (nSPS) is 15.9. The van der Waals surface area contributed by atoms with Crippen molar-refractivity contribution in [3.63, 3.8) is 0 Å². The minimum atomic E-state index is -4.84. The number of benzene rings is 4. The zero-order valence-electron chi connectivity index (χ0n) is 42.6. The lowest BCUT2D eigenvalue weighted by Gasteiger charge is -2.32. The molecule has 3 heterocycles. The molecule has 3 aliphatic rings. The van der Waals surface area contributed by atoms with Gasteiger partial charge in [-0.3, -0.25) is 48.6 Å². The van der Waals surface area contributed by atoms with Crippen LogP contribution in [0.25, 0.3) is 0 Å². The fourth-order valence-corrected chi connectivity index (χ4v) is 9.28. The number of amides is 9. The van der Waals surface area contributed by atoms with Crippen molar-refractivity contribution in [2.75, 3.05) is 29.0 Å². The lowest BCUT2D eigenvalue weighted by Crippen LogP contribution is -2.54. The van der Waals surface area contributed by atoms with Crippen LogP contribution in [0.1, 0.15) is 134 Å². The zero-order chi connectivity index (χ0) is 55.2. The Bertz CT molecular complexity index is 2860. The van der Waals surface area contributed by atoms with Gasteiger partial charge in [-0.25, -0.2) is 14.1 Å². The molecular weight excluding hydrogens is 1010 g/mol. The van der Waals surface area contributed by atoms with E-state index in [1.807, 2.05) is 12.1 Å². The number of carbonyl (C=O) groups excluding carboxylic acids is 9. The number of imide groups is 3. The van der Waals surface area contributed by atoms with Crippen molar-refractivity contribution in [3.8, 4) is 5.75 Å². The molecule has 0 aliphatic carbocycles. The van der Waals surface area contributed by atoms with Gasteiger partial charge in [-0.1, -0.05) is 69.2 Å². The van der Waals surface area contributed by atoms with E-state index in [0.29, 0.717) is 51.8 Å². The predicted molar refractivity (Wildman–Crippen MR) is 275 cm³/mol. The predicted octanol–water partition coefficient (Wildman–Crippen LogP) is 9.00. The molecule has 4 N–H and O–H groups in total. The van der Waals surface area contributed by atoms with Gasteiger partial charge in [0.15, 0.2) is 0 Å². The smallest absolute Gasteiger partial charge is 0.410 e. The van der Waals surface area contributed by atoms with Crippen LogP contribution in [0.2, 0.25) is 0 Å². The van der Waals surface area contributed by atoms with Gasteiger partial charge >= 0.3 is 12.3 Å². The standard InChI is InChI=1S/C56H61F4N7O10/c1-35(56(58,59)60)65(33-37-12-18-39(57)19-13-37)51(72)34-66-50(71)29-17-38-31-42(23-26-46(38)77-55(66)76)63-48(69)27-16-36-14-20-40(21-15-36)62-47(68)11-9-7-5-3-2-4-6-8-10-30-61-41-22-24-43-44(32-41)54(75)67(53(43)74)45-25-28-49(70)64-52(45)73/h12-15,18-24,26,31-32,35,45,61H,2-11,16-17,25,27-30,33-34H2,1H3,(H,62,68)(H,63,69)(H,64,70,73)/t35-,45?/m0/s1. The summed E-state index contributed by atoms with van der Waals surface area (Å²) < 4.78 is 60.3. The number of halogens is 4. The number of hydrogen-bond acceptors (Lipinski definition) is 11. The molecule has 408 valence electrons. The Kier molecular flexibility index (Phi) is 19.3. The highest BCUT2D eigenvalue weighted by Gasteiger charge is 2.45. The van der Waals surface area contributed by atoms with Crippen molar-refractivity contribution < 1.29 is 65.4 Å². The first-order chi connectivity index (χ1) is 36.8. The summed E-state index contributed by atoms with van der Waals surface area (Å²) in [6.45, 7) is -0.109. The minimum absolute atomic E-state index is 0.0266. The molecule has 7 rings (SSSR count). The molecule has 3 aliphatic heterocycles. The quantitative estimate of drug-likeness (QED) is 0.0295. The fourth-order valence-electron chi connectivity index (χ4n) is 9.28. The minimum Gasteiger partial charge on any atom is -0.410 e. The molecule has 1 unspecified atom stereocenters. The van der Waals surface area contributed by atoms with Crippen molar-refractivity contribution >= 4 is 70.4 Å². The van der Waals surface area contributed by atoms with E-state index in [9.17, 15) is 60.7 Å². The maximum atomic E-state index is 13.8. The number of nitrogens with zero attached hydrogens (tertiary/aromatic N) is 3. The second-order valence-corrected chi connectivity index (χ2v) is 19.4. The lowest BCUT2D eigenvalue weighted by molar-refractivity contribution is -0.187. The Labute approximate surface area is 442 Å². The second kappa shape index (κ2) is 26.2. The average Bonchev–Trinajstić information content (AvgIpc) is 3.77. The monoisotopic (exact) mass is 1070 g/mol. The van der Waals surface area contributed by atoms with Gasteiger partial charge in [-0.2, -0.15) is 13.2 Å². The van der Waals surface area contributed by atoms with Gasteiger partial charge in [-0.15, -0.1) is 0 Å². The van der Waals surface area contributed by atoms with Gasteiger partial charge < -0.3 is 25.6 Å². The topological polar surface area (TPSA) is 221 Å². The summed E-state index contributed by atoms with van der Waals surface area (Å²) in [5.74, 6) is -5.12. The van der Waals surface area contributed by atoms with Crippen LogP contribution < -0.4 is 26.0 Å². The molecule has 4 aromatic carbocycles. The molecule has 0 aromatic heterocycles. The largest absolute Gasteiger partial charge is 0.422 e. The van der Waals surface area contributed by atoms with Crippen molar-refractivity contribution in [2.45, 2.75) is 134 Å². The van der Waals surface area contributed by atoms with Crippen LogP contribution in [0, 0.1) is 5.82 Å². The Morgan fingerprint density at radius 1 is 0.701 bits per heavy atom. The van der Waals surface area contributed by atoms with Crippen LogP contribution in [0.5, 0.6) is 5.75 Å². The summed E-state index contributed by atoms with van der Waals surface area (Å²) in [6, 6.07) is 17.9. The highest BCUT2D eigenvalue weighted by Crippen LogP contribution is 2.32. The highest BCUT2D eigenvalue weighted by atomic mass is 19.4. The van der Waals surface area contributed by atoms with E-state index < -0.39 is 78.7 Å². The van der Waals surface area contributed by atoms with E-state index >= 15 is 0 Å². The van der Waals surface area contributed by atoms with E-state index in [4.69, 9.17) is 4.74 Å². The van der Waals surface area contributed by atoms with E-state index in [1.165, 1.54) is 24.3 Å². The van der Waals surface area contributed by atoms with E-state index in [0.717, 1.165) is 87.3 Å². The number of rotatable bonds is 24. The number of hydrogen-bond donors (Lipinski definition) is 4. The van der Waals surface area contributed by atoms with Crippen molar-refractivity contribution in [1.82, 2.24) is 20.0 Å². The third-order valence-corrected chi connectivity index (χ3v) is 13.7. The summed E-state index contributed by atoms with van der Waals surface area (Å²) in [6.07, 6.45) is 3.82. The van der Waals surface area contributed by atoms with Gasteiger partial charge in [0.05, 0.1) is 11.1 Å². The van der Waals surface area contributed by atoms with Gasteiger partial charge in [0, 0.05) is 55.8 Å². The molecule has 0 spiro atoms. The summed E-state index contributed by atoms with van der Waals surface area (Å²) in [5.41, 5.74) is 3.70. The molecule has 21 heteroatoms. The molecule has 0 saturated carbocycles. The third kappa shape index (κ3) is 15.6. The molecule has 17 nitrogen and oxygen atoms in total. The summed E-state index contributed by atoms with van der Waals surface area (Å²) in [4.78, 5) is 117. The van der Waals surface area contributed by atoms with Crippen molar-refractivity contribution in [2.24, 2.45) is 0 Å².